The van der Waals surface area contributed by atoms with Crippen LogP contribution in [0.3, 0.4) is 0 Å². The fourth-order valence-electron chi connectivity index (χ4n) is 2.51. The molecule has 0 saturated heterocycles. The Morgan fingerprint density at radius 1 is 1.29 bits per heavy atom. The van der Waals surface area contributed by atoms with Gasteiger partial charge in [-0.1, -0.05) is 30.0 Å². The second-order valence-corrected chi connectivity index (χ2v) is 6.52. The molecule has 1 aliphatic rings. The summed E-state index contributed by atoms with van der Waals surface area (Å²) < 4.78 is 16.5. The van der Waals surface area contributed by atoms with E-state index in [1.165, 1.54) is 11.8 Å². The van der Waals surface area contributed by atoms with E-state index in [-0.39, 0.29) is 5.76 Å². The minimum atomic E-state index is -0.450. The van der Waals surface area contributed by atoms with Crippen LogP contribution in [0.1, 0.15) is 47.7 Å². The molecule has 2 heterocycles. The Morgan fingerprint density at radius 3 is 2.92 bits per heavy atom. The van der Waals surface area contributed by atoms with E-state index in [9.17, 15) is 4.79 Å². The van der Waals surface area contributed by atoms with Gasteiger partial charge in [0.2, 0.25) is 11.7 Å². The fraction of sp³-hybridized carbons (Fsp3) is 0.353. The molecule has 4 rings (SSSR count). The molecule has 124 valence electrons. The Kier molecular flexibility index (Phi) is 4.02. The van der Waals surface area contributed by atoms with Crippen LogP contribution in [-0.4, -0.2) is 22.8 Å². The van der Waals surface area contributed by atoms with Crippen LogP contribution in [-0.2, 0) is 10.5 Å². The zero-order chi connectivity index (χ0) is 16.5. The maximum absolute atomic E-state index is 12.2. The zero-order valence-electron chi connectivity index (χ0n) is 13.2. The van der Waals surface area contributed by atoms with Crippen LogP contribution >= 0.6 is 11.8 Å². The number of rotatable bonds is 6. The van der Waals surface area contributed by atoms with E-state index < -0.39 is 5.97 Å². The Balaban J connectivity index is 1.60. The number of furan rings is 1. The molecule has 6 nitrogen and oxygen atoms in total. The summed E-state index contributed by atoms with van der Waals surface area (Å²) in [6, 6.07) is 7.56. The van der Waals surface area contributed by atoms with Crippen LogP contribution < -0.4 is 0 Å². The molecule has 1 saturated carbocycles. The van der Waals surface area contributed by atoms with Gasteiger partial charge in [-0.15, -0.1) is 10.2 Å². The van der Waals surface area contributed by atoms with Crippen LogP contribution in [0.4, 0.5) is 0 Å². The van der Waals surface area contributed by atoms with E-state index in [2.05, 4.69) is 10.2 Å². The molecular formula is C17H16N2O4S. The van der Waals surface area contributed by atoms with Crippen LogP contribution in [0, 0.1) is 0 Å². The quantitative estimate of drug-likeness (QED) is 0.490. The normalized spacial score (nSPS) is 14.2. The van der Waals surface area contributed by atoms with Gasteiger partial charge in [-0.2, -0.15) is 0 Å². The van der Waals surface area contributed by atoms with Gasteiger partial charge >= 0.3 is 5.97 Å². The summed E-state index contributed by atoms with van der Waals surface area (Å²) in [6.45, 7) is 2.07. The molecule has 0 radical (unpaired) electrons. The van der Waals surface area contributed by atoms with Crippen molar-refractivity contribution in [3.63, 3.8) is 0 Å². The number of carbonyl (C=O) groups is 1. The van der Waals surface area contributed by atoms with E-state index in [0.717, 1.165) is 23.8 Å². The van der Waals surface area contributed by atoms with Gasteiger partial charge in [0.15, 0.2) is 0 Å². The lowest BCUT2D eigenvalue weighted by atomic mass is 10.1. The van der Waals surface area contributed by atoms with E-state index in [0.29, 0.717) is 35.0 Å². The number of hydrogen-bond acceptors (Lipinski definition) is 7. The van der Waals surface area contributed by atoms with Crippen molar-refractivity contribution in [2.75, 3.05) is 6.61 Å². The van der Waals surface area contributed by atoms with Crippen molar-refractivity contribution in [3.05, 3.63) is 41.5 Å². The number of para-hydroxylation sites is 1. The topological polar surface area (TPSA) is 78.4 Å². The third kappa shape index (κ3) is 2.91. The first-order valence-corrected chi connectivity index (χ1v) is 8.88. The Bertz CT molecular complexity index is 882. The summed E-state index contributed by atoms with van der Waals surface area (Å²) in [5.41, 5.74) is 1.46. The maximum atomic E-state index is 12.2. The second-order valence-electron chi connectivity index (χ2n) is 5.60. The number of aromatic nitrogens is 2. The lowest BCUT2D eigenvalue weighted by Crippen LogP contribution is -2.05. The van der Waals surface area contributed by atoms with Gasteiger partial charge in [0.25, 0.3) is 5.22 Å². The van der Waals surface area contributed by atoms with Gasteiger partial charge in [0.1, 0.15) is 5.58 Å². The van der Waals surface area contributed by atoms with Crippen molar-refractivity contribution in [1.82, 2.24) is 10.2 Å². The number of benzene rings is 1. The molecule has 0 atom stereocenters. The molecule has 0 spiro atoms. The first-order valence-electron chi connectivity index (χ1n) is 7.90. The highest BCUT2D eigenvalue weighted by Crippen LogP contribution is 2.40. The summed E-state index contributed by atoms with van der Waals surface area (Å²) in [6.07, 6.45) is 2.23. The summed E-state index contributed by atoms with van der Waals surface area (Å²) in [5.74, 6) is 1.43. The van der Waals surface area contributed by atoms with Crippen molar-refractivity contribution in [3.8, 4) is 0 Å². The van der Waals surface area contributed by atoms with E-state index >= 15 is 0 Å². The molecule has 0 aliphatic heterocycles. The summed E-state index contributed by atoms with van der Waals surface area (Å²) in [7, 11) is 0. The van der Waals surface area contributed by atoms with Crippen molar-refractivity contribution in [2.24, 2.45) is 0 Å². The average molecular weight is 344 g/mol. The van der Waals surface area contributed by atoms with E-state index in [4.69, 9.17) is 13.6 Å². The van der Waals surface area contributed by atoms with E-state index in [1.807, 2.05) is 24.3 Å². The van der Waals surface area contributed by atoms with Gasteiger partial charge in [0, 0.05) is 22.6 Å². The molecule has 0 N–H and O–H groups in total. The van der Waals surface area contributed by atoms with E-state index in [1.54, 1.807) is 6.92 Å². The minimum absolute atomic E-state index is 0.243. The molecule has 1 fully saturated rings. The predicted octanol–water partition coefficient (Wildman–Crippen LogP) is 4.16. The van der Waals surface area contributed by atoms with Gasteiger partial charge in [-0.25, -0.2) is 4.79 Å². The number of ether oxygens (including phenoxy) is 1. The number of thioether (sulfide) groups is 1. The number of nitrogens with zero attached hydrogens (tertiary/aromatic N) is 2. The lowest BCUT2D eigenvalue weighted by molar-refractivity contribution is 0.0491. The monoisotopic (exact) mass is 344 g/mol. The molecule has 24 heavy (non-hydrogen) atoms. The molecule has 0 amide bonds. The second kappa shape index (κ2) is 6.32. The first kappa shape index (κ1) is 15.3. The van der Waals surface area contributed by atoms with Crippen molar-refractivity contribution in [1.29, 1.82) is 0 Å². The zero-order valence-corrected chi connectivity index (χ0v) is 14.0. The first-order chi connectivity index (χ1) is 11.8. The van der Waals surface area contributed by atoms with Crippen LogP contribution in [0.15, 0.2) is 38.3 Å². The Morgan fingerprint density at radius 2 is 2.12 bits per heavy atom. The largest absolute Gasteiger partial charge is 0.460 e. The fourth-order valence-corrected chi connectivity index (χ4v) is 3.31. The minimum Gasteiger partial charge on any atom is -0.460 e. The lowest BCUT2D eigenvalue weighted by Gasteiger charge is -2.01. The van der Waals surface area contributed by atoms with Gasteiger partial charge in [-0.3, -0.25) is 0 Å². The van der Waals surface area contributed by atoms with Crippen LogP contribution in [0.2, 0.25) is 0 Å². The van der Waals surface area contributed by atoms with Crippen molar-refractivity contribution < 1.29 is 18.4 Å². The summed E-state index contributed by atoms with van der Waals surface area (Å²) in [5, 5.41) is 9.55. The number of fused-ring (bicyclic) bond motifs is 1. The smallest absolute Gasteiger partial charge is 0.374 e. The van der Waals surface area contributed by atoms with Crippen LogP contribution in [0.5, 0.6) is 0 Å². The van der Waals surface area contributed by atoms with Crippen LogP contribution in [0.25, 0.3) is 11.0 Å². The number of hydrogen-bond donors (Lipinski definition) is 0. The van der Waals surface area contributed by atoms with Gasteiger partial charge in [-0.05, 0) is 25.8 Å². The molecule has 2 aromatic heterocycles. The highest BCUT2D eigenvalue weighted by atomic mass is 32.2. The molecule has 0 unspecified atom stereocenters. The summed E-state index contributed by atoms with van der Waals surface area (Å²) in [4.78, 5) is 12.2. The molecule has 7 heteroatoms. The van der Waals surface area contributed by atoms with Crippen molar-refractivity contribution >= 4 is 28.7 Å². The highest BCUT2D eigenvalue weighted by molar-refractivity contribution is 7.98. The molecule has 3 aromatic rings. The third-order valence-electron chi connectivity index (χ3n) is 3.85. The summed E-state index contributed by atoms with van der Waals surface area (Å²) >= 11 is 1.40. The third-order valence-corrected chi connectivity index (χ3v) is 4.69. The SMILES string of the molecule is CCOC(=O)c1oc2ccccc2c1CSc1nnc(C2CC2)o1. The Labute approximate surface area is 142 Å². The highest BCUT2D eigenvalue weighted by Gasteiger charge is 2.29. The van der Waals surface area contributed by atoms with Crippen molar-refractivity contribution in [2.45, 2.75) is 36.7 Å². The molecule has 1 aromatic carbocycles. The molecular weight excluding hydrogens is 328 g/mol. The molecule has 1 aliphatic carbocycles. The average Bonchev–Trinajstić information content (AvgIpc) is 3.22. The van der Waals surface area contributed by atoms with Gasteiger partial charge in [0.05, 0.1) is 6.61 Å². The maximum Gasteiger partial charge on any atom is 0.374 e. The predicted molar refractivity (Wildman–Crippen MR) is 88.0 cm³/mol. The number of carbonyl (C=O) groups excluding carboxylic acids is 1. The molecule has 0 bridgehead atoms. The number of esters is 1. The Hall–Kier alpha value is -2.28. The standard InChI is InChI=1S/C17H16N2O4S/c1-2-21-16(20)14-12(11-5-3-4-6-13(11)22-14)9-24-17-19-18-15(23-17)10-7-8-10/h3-6,10H,2,7-9H2,1H3. The van der Waals surface area contributed by atoms with Gasteiger partial charge < -0.3 is 13.6 Å².